The number of carbonyl (C=O) groups excluding carboxylic acids is 1. The van der Waals surface area contributed by atoms with Gasteiger partial charge in [0.25, 0.3) is 6.47 Å². The van der Waals surface area contributed by atoms with Crippen LogP contribution in [-0.4, -0.2) is 19.4 Å². The molecule has 0 amide bonds. The summed E-state index contributed by atoms with van der Waals surface area (Å²) in [6, 6.07) is 0. The van der Waals surface area contributed by atoms with Crippen LogP contribution in [0.5, 0.6) is 0 Å². The normalized spacial score (nSPS) is 12.3. The number of ether oxygens (including phenoxy) is 2. The molecule has 1 unspecified atom stereocenters. The van der Waals surface area contributed by atoms with Crippen LogP contribution in [0.4, 0.5) is 0 Å². The lowest BCUT2D eigenvalue weighted by Crippen LogP contribution is -2.16. The van der Waals surface area contributed by atoms with Crippen molar-refractivity contribution in [3.63, 3.8) is 0 Å². The number of unbranched alkanes of at least 4 members (excludes halogenated alkanes) is 11. The molecule has 126 valence electrons. The van der Waals surface area contributed by atoms with Crippen molar-refractivity contribution in [3.8, 4) is 0 Å². The van der Waals surface area contributed by atoms with Gasteiger partial charge in [-0.3, -0.25) is 4.79 Å². The molecule has 0 rings (SSSR count). The molecule has 0 aromatic heterocycles. The van der Waals surface area contributed by atoms with Crippen molar-refractivity contribution in [3.05, 3.63) is 0 Å². The van der Waals surface area contributed by atoms with E-state index in [2.05, 4.69) is 6.92 Å². The minimum Gasteiger partial charge on any atom is -0.438 e. The van der Waals surface area contributed by atoms with Crippen molar-refractivity contribution in [2.75, 3.05) is 6.61 Å². The molecule has 1 atom stereocenters. The van der Waals surface area contributed by atoms with Crippen LogP contribution in [0.25, 0.3) is 0 Å². The second kappa shape index (κ2) is 17.5. The summed E-state index contributed by atoms with van der Waals surface area (Å²) >= 11 is 0. The molecule has 3 heteroatoms. The van der Waals surface area contributed by atoms with Gasteiger partial charge in [-0.25, -0.2) is 0 Å². The number of carbonyl (C=O) groups is 1. The molecule has 0 radical (unpaired) electrons. The fourth-order valence-electron chi connectivity index (χ4n) is 2.47. The quantitative estimate of drug-likeness (QED) is 0.199. The second-order valence-electron chi connectivity index (χ2n) is 5.83. The number of hydrogen-bond acceptors (Lipinski definition) is 3. The zero-order chi connectivity index (χ0) is 15.6. The predicted molar refractivity (Wildman–Crippen MR) is 88.3 cm³/mol. The first-order valence-electron chi connectivity index (χ1n) is 9.05. The smallest absolute Gasteiger partial charge is 0.295 e. The molecule has 0 N–H and O–H groups in total. The van der Waals surface area contributed by atoms with E-state index in [1.807, 2.05) is 6.92 Å². The van der Waals surface area contributed by atoms with Crippen molar-refractivity contribution in [2.45, 2.75) is 104 Å². The average molecular weight is 300 g/mol. The maximum Gasteiger partial charge on any atom is 0.295 e. The van der Waals surface area contributed by atoms with E-state index in [1.54, 1.807) is 0 Å². The Kier molecular flexibility index (Phi) is 17.0. The van der Waals surface area contributed by atoms with Crippen LogP contribution in [0.15, 0.2) is 0 Å². The van der Waals surface area contributed by atoms with E-state index < -0.39 is 0 Å². The van der Waals surface area contributed by atoms with Crippen molar-refractivity contribution in [1.82, 2.24) is 0 Å². The Labute approximate surface area is 131 Å². The number of hydrogen-bond donors (Lipinski definition) is 0. The lowest BCUT2D eigenvalue weighted by atomic mass is 10.1. The van der Waals surface area contributed by atoms with E-state index in [9.17, 15) is 4.79 Å². The largest absolute Gasteiger partial charge is 0.438 e. The fraction of sp³-hybridized carbons (Fsp3) is 0.944. The topological polar surface area (TPSA) is 35.5 Å². The summed E-state index contributed by atoms with van der Waals surface area (Å²) in [4.78, 5) is 10.2. The van der Waals surface area contributed by atoms with E-state index in [4.69, 9.17) is 9.47 Å². The van der Waals surface area contributed by atoms with Gasteiger partial charge in [0, 0.05) is 6.42 Å². The zero-order valence-electron chi connectivity index (χ0n) is 14.3. The van der Waals surface area contributed by atoms with Crippen molar-refractivity contribution < 1.29 is 14.3 Å². The predicted octanol–water partition coefficient (Wildman–Crippen LogP) is 5.61. The molecule has 0 aliphatic carbocycles. The highest BCUT2D eigenvalue weighted by molar-refractivity contribution is 5.37. The molecule has 0 saturated carbocycles. The highest BCUT2D eigenvalue weighted by Gasteiger charge is 2.04. The lowest BCUT2D eigenvalue weighted by molar-refractivity contribution is -0.164. The van der Waals surface area contributed by atoms with Gasteiger partial charge in [-0.15, -0.1) is 0 Å². The number of rotatable bonds is 17. The molecule has 0 spiro atoms. The molecule has 0 aromatic carbocycles. The van der Waals surface area contributed by atoms with Gasteiger partial charge in [-0.1, -0.05) is 84.5 Å². The van der Waals surface area contributed by atoms with Crippen molar-refractivity contribution in [2.24, 2.45) is 0 Å². The minimum absolute atomic E-state index is 0.352. The fourth-order valence-corrected chi connectivity index (χ4v) is 2.47. The summed E-state index contributed by atoms with van der Waals surface area (Å²) in [5.74, 6) is 0. The molecular weight excluding hydrogens is 264 g/mol. The molecule has 21 heavy (non-hydrogen) atoms. The van der Waals surface area contributed by atoms with Crippen LogP contribution in [0.3, 0.4) is 0 Å². The first kappa shape index (κ1) is 20.4. The average Bonchev–Trinajstić information content (AvgIpc) is 2.50. The SMILES string of the molecule is CCCCCCCCCCCCCCOC(CC)OC=O. The summed E-state index contributed by atoms with van der Waals surface area (Å²) in [6.07, 6.45) is 16.5. The summed E-state index contributed by atoms with van der Waals surface area (Å²) in [6.45, 7) is 5.39. The Bertz CT molecular complexity index is 207. The molecule has 3 nitrogen and oxygen atoms in total. The molecule has 0 saturated heterocycles. The third-order valence-corrected chi connectivity index (χ3v) is 3.84. The van der Waals surface area contributed by atoms with Gasteiger partial charge in [-0.05, 0) is 6.42 Å². The molecule has 0 aromatic rings. The van der Waals surface area contributed by atoms with Gasteiger partial charge in [0.2, 0.25) is 6.29 Å². The van der Waals surface area contributed by atoms with E-state index in [1.165, 1.54) is 70.6 Å². The molecular formula is C18H36O3. The summed E-state index contributed by atoms with van der Waals surface area (Å²) < 4.78 is 10.3. The Hall–Kier alpha value is -0.570. The van der Waals surface area contributed by atoms with Crippen molar-refractivity contribution in [1.29, 1.82) is 0 Å². The van der Waals surface area contributed by atoms with Crippen molar-refractivity contribution >= 4 is 6.47 Å². The zero-order valence-corrected chi connectivity index (χ0v) is 14.3. The standard InChI is InChI=1S/C18H36O3/c1-3-5-6-7-8-9-10-11-12-13-14-15-16-20-18(4-2)21-17-19/h17-18H,3-16H2,1-2H3. The van der Waals surface area contributed by atoms with Gasteiger partial charge in [0.05, 0.1) is 6.61 Å². The van der Waals surface area contributed by atoms with Gasteiger partial charge in [-0.2, -0.15) is 0 Å². The van der Waals surface area contributed by atoms with Crippen LogP contribution in [0, 0.1) is 0 Å². The molecule has 0 bridgehead atoms. The monoisotopic (exact) mass is 300 g/mol. The third kappa shape index (κ3) is 15.6. The highest BCUT2D eigenvalue weighted by atomic mass is 16.7. The Morgan fingerprint density at radius 3 is 1.67 bits per heavy atom. The third-order valence-electron chi connectivity index (χ3n) is 3.84. The summed E-state index contributed by atoms with van der Waals surface area (Å²) in [7, 11) is 0. The van der Waals surface area contributed by atoms with E-state index in [0.717, 1.165) is 12.8 Å². The van der Waals surface area contributed by atoms with Gasteiger partial charge < -0.3 is 9.47 Å². The van der Waals surface area contributed by atoms with Gasteiger partial charge >= 0.3 is 0 Å². The molecule has 0 fully saturated rings. The lowest BCUT2D eigenvalue weighted by Gasteiger charge is -2.13. The van der Waals surface area contributed by atoms with E-state index in [-0.39, 0.29) is 6.29 Å². The molecule has 0 aliphatic heterocycles. The Balaban J connectivity index is 3.10. The second-order valence-corrected chi connectivity index (χ2v) is 5.83. The maximum atomic E-state index is 10.2. The van der Waals surface area contributed by atoms with Gasteiger partial charge in [0.1, 0.15) is 0 Å². The van der Waals surface area contributed by atoms with Crippen LogP contribution < -0.4 is 0 Å². The first-order chi connectivity index (χ1) is 10.3. The van der Waals surface area contributed by atoms with Gasteiger partial charge in [0.15, 0.2) is 0 Å². The van der Waals surface area contributed by atoms with Crippen LogP contribution in [0.1, 0.15) is 97.3 Å². The van der Waals surface area contributed by atoms with Crippen LogP contribution in [-0.2, 0) is 14.3 Å². The van der Waals surface area contributed by atoms with E-state index >= 15 is 0 Å². The highest BCUT2D eigenvalue weighted by Crippen LogP contribution is 2.12. The Morgan fingerprint density at radius 1 is 0.762 bits per heavy atom. The summed E-state index contributed by atoms with van der Waals surface area (Å²) in [5.41, 5.74) is 0. The first-order valence-corrected chi connectivity index (χ1v) is 9.05. The molecule has 0 heterocycles. The van der Waals surface area contributed by atoms with Crippen LogP contribution in [0.2, 0.25) is 0 Å². The minimum atomic E-state index is -0.352. The van der Waals surface area contributed by atoms with E-state index in [0.29, 0.717) is 13.1 Å². The Morgan fingerprint density at radius 2 is 1.24 bits per heavy atom. The van der Waals surface area contributed by atoms with Crippen LogP contribution >= 0.6 is 0 Å². The maximum absolute atomic E-state index is 10.2. The molecule has 0 aliphatic rings. The summed E-state index contributed by atoms with van der Waals surface area (Å²) in [5, 5.41) is 0.